The molecule has 2 aromatic rings. The van der Waals surface area contributed by atoms with Crippen molar-refractivity contribution >= 4 is 45.9 Å². The van der Waals surface area contributed by atoms with Crippen LogP contribution < -0.4 is 14.8 Å². The van der Waals surface area contributed by atoms with E-state index in [4.69, 9.17) is 9.47 Å². The third-order valence-electron chi connectivity index (χ3n) is 4.10. The van der Waals surface area contributed by atoms with Crippen molar-refractivity contribution in [3.63, 3.8) is 0 Å². The van der Waals surface area contributed by atoms with Gasteiger partial charge in [-0.05, 0) is 34.1 Å². The highest BCUT2D eigenvalue weighted by Gasteiger charge is 2.21. The van der Waals surface area contributed by atoms with E-state index in [2.05, 4.69) is 41.8 Å². The zero-order valence-electron chi connectivity index (χ0n) is 15.1. The second-order valence-electron chi connectivity index (χ2n) is 6.04. The highest BCUT2D eigenvalue weighted by Crippen LogP contribution is 2.30. The molecule has 0 amide bonds. The molecular weight excluding hydrogens is 511 g/mol. The molecule has 1 N–H and O–H groups in total. The van der Waals surface area contributed by atoms with Crippen LogP contribution in [0, 0.1) is 0 Å². The van der Waals surface area contributed by atoms with Gasteiger partial charge in [0.05, 0.1) is 13.1 Å². The van der Waals surface area contributed by atoms with Crippen LogP contribution in [0.4, 0.5) is 0 Å². The van der Waals surface area contributed by atoms with Crippen LogP contribution in [-0.2, 0) is 13.6 Å². The average Bonchev–Trinajstić information content (AvgIpc) is 2.92. The molecule has 2 heterocycles. The summed E-state index contributed by atoms with van der Waals surface area (Å²) in [5, 5.41) is 3.37. The molecule has 6 nitrogen and oxygen atoms in total. The molecule has 3 rings (SSSR count). The molecule has 0 fully saturated rings. The number of aliphatic imine (C=N–C) groups is 1. The Kier molecular flexibility index (Phi) is 7.63. The van der Waals surface area contributed by atoms with Gasteiger partial charge in [0.1, 0.15) is 12.7 Å². The number of hydrogen-bond acceptors (Lipinski definition) is 3. The van der Waals surface area contributed by atoms with Gasteiger partial charge in [0.25, 0.3) is 0 Å². The summed E-state index contributed by atoms with van der Waals surface area (Å²) in [6.07, 6.45) is 1.99. The summed E-state index contributed by atoms with van der Waals surface area (Å²) in [5.74, 6) is 2.41. The van der Waals surface area contributed by atoms with Crippen molar-refractivity contribution in [3.05, 3.63) is 46.7 Å². The number of nitrogens with zero attached hydrogens (tertiary/aromatic N) is 3. The van der Waals surface area contributed by atoms with Gasteiger partial charge in [0.15, 0.2) is 17.5 Å². The number of halogens is 2. The Morgan fingerprint density at radius 2 is 2.12 bits per heavy atom. The van der Waals surface area contributed by atoms with Gasteiger partial charge in [0.2, 0.25) is 0 Å². The summed E-state index contributed by atoms with van der Waals surface area (Å²) in [4.78, 5) is 6.45. The molecule has 26 heavy (non-hydrogen) atoms. The molecule has 1 atom stereocenters. The Labute approximate surface area is 179 Å². The number of nitrogens with one attached hydrogen (secondary N) is 1. The summed E-state index contributed by atoms with van der Waals surface area (Å²) in [6, 6.07) is 9.85. The summed E-state index contributed by atoms with van der Waals surface area (Å²) in [6.45, 7) is 1.91. The van der Waals surface area contributed by atoms with E-state index in [0.717, 1.165) is 28.5 Å². The lowest BCUT2D eigenvalue weighted by molar-refractivity contribution is 0.0931. The Balaban J connectivity index is 0.00000243. The third-order valence-corrected chi connectivity index (χ3v) is 4.54. The van der Waals surface area contributed by atoms with Crippen molar-refractivity contribution in [2.75, 3.05) is 27.2 Å². The van der Waals surface area contributed by atoms with Gasteiger partial charge < -0.3 is 24.3 Å². The first-order valence-corrected chi connectivity index (χ1v) is 8.97. The maximum Gasteiger partial charge on any atom is 0.193 e. The fourth-order valence-corrected chi connectivity index (χ4v) is 3.37. The molecule has 0 spiro atoms. The zero-order chi connectivity index (χ0) is 17.8. The molecule has 1 unspecified atom stereocenters. The maximum atomic E-state index is 5.98. The van der Waals surface area contributed by atoms with Crippen molar-refractivity contribution in [3.8, 4) is 11.5 Å². The minimum Gasteiger partial charge on any atom is -0.486 e. The number of fused-ring (bicyclic) bond motifs is 1. The van der Waals surface area contributed by atoms with Crippen LogP contribution in [0.15, 0.2) is 46.0 Å². The van der Waals surface area contributed by atoms with Crippen LogP contribution in [0.5, 0.6) is 11.5 Å². The Hall–Kier alpha value is -1.42. The van der Waals surface area contributed by atoms with E-state index in [9.17, 15) is 0 Å². The van der Waals surface area contributed by atoms with Gasteiger partial charge in [-0.2, -0.15) is 0 Å². The van der Waals surface area contributed by atoms with Crippen LogP contribution in [0.25, 0.3) is 0 Å². The second kappa shape index (κ2) is 9.50. The second-order valence-corrected chi connectivity index (χ2v) is 6.96. The van der Waals surface area contributed by atoms with Crippen LogP contribution in [0.1, 0.15) is 5.69 Å². The molecule has 0 saturated carbocycles. The third kappa shape index (κ3) is 5.06. The van der Waals surface area contributed by atoms with Gasteiger partial charge in [-0.1, -0.05) is 12.1 Å². The van der Waals surface area contributed by atoms with Crippen LogP contribution in [0.3, 0.4) is 0 Å². The lowest BCUT2D eigenvalue weighted by atomic mass is 10.2. The fraction of sp³-hybridized carbons (Fsp3) is 0.389. The standard InChI is InChI=1S/C18H23BrN4O2.HI/c1-20-18(23(3)11-14-8-13(19)10-22(14)2)21-9-15-12-24-16-6-4-5-7-17(16)25-15;/h4-8,10,15H,9,11-12H2,1-3H3,(H,20,21);1H. The molecule has 1 aliphatic heterocycles. The zero-order valence-corrected chi connectivity index (χ0v) is 19.0. The number of para-hydroxylation sites is 2. The summed E-state index contributed by atoms with van der Waals surface area (Å²) in [5.41, 5.74) is 1.20. The number of ether oxygens (including phenoxy) is 2. The van der Waals surface area contributed by atoms with E-state index >= 15 is 0 Å². The van der Waals surface area contributed by atoms with Crippen molar-refractivity contribution in [1.29, 1.82) is 0 Å². The maximum absolute atomic E-state index is 5.98. The molecule has 1 aromatic heterocycles. The minimum absolute atomic E-state index is 0. The molecule has 0 bridgehead atoms. The van der Waals surface area contributed by atoms with E-state index < -0.39 is 0 Å². The van der Waals surface area contributed by atoms with Crippen LogP contribution >= 0.6 is 39.9 Å². The average molecular weight is 535 g/mol. The van der Waals surface area contributed by atoms with E-state index in [1.165, 1.54) is 5.69 Å². The Bertz CT molecular complexity index is 765. The highest BCUT2D eigenvalue weighted by atomic mass is 127. The minimum atomic E-state index is -0.0516. The topological polar surface area (TPSA) is 51.0 Å². The number of benzene rings is 1. The first kappa shape index (κ1) is 20.9. The highest BCUT2D eigenvalue weighted by molar-refractivity contribution is 14.0. The first-order chi connectivity index (χ1) is 12.1. The van der Waals surface area contributed by atoms with E-state index in [1.807, 2.05) is 44.6 Å². The lowest BCUT2D eigenvalue weighted by Gasteiger charge is -2.28. The van der Waals surface area contributed by atoms with Crippen molar-refractivity contribution in [1.82, 2.24) is 14.8 Å². The molecule has 142 valence electrons. The number of hydrogen-bond donors (Lipinski definition) is 1. The molecular formula is C18H24BrIN4O2. The smallest absolute Gasteiger partial charge is 0.193 e. The predicted molar refractivity (Wildman–Crippen MR) is 118 cm³/mol. The van der Waals surface area contributed by atoms with Gasteiger partial charge in [-0.3, -0.25) is 4.99 Å². The quantitative estimate of drug-likeness (QED) is 0.372. The molecule has 0 saturated heterocycles. The molecule has 0 aliphatic carbocycles. The van der Waals surface area contributed by atoms with Gasteiger partial charge in [-0.15, -0.1) is 24.0 Å². The summed E-state index contributed by atoms with van der Waals surface area (Å²) >= 11 is 3.51. The number of rotatable bonds is 4. The van der Waals surface area contributed by atoms with E-state index in [1.54, 1.807) is 7.05 Å². The lowest BCUT2D eigenvalue weighted by Crippen LogP contribution is -2.45. The van der Waals surface area contributed by atoms with Crippen LogP contribution in [0.2, 0.25) is 0 Å². The molecule has 0 radical (unpaired) electrons. The Morgan fingerprint density at radius 1 is 1.38 bits per heavy atom. The number of guanidine groups is 1. The van der Waals surface area contributed by atoms with Crippen molar-refractivity contribution in [2.24, 2.45) is 12.0 Å². The fourth-order valence-electron chi connectivity index (χ4n) is 2.79. The molecule has 1 aliphatic rings. The SMILES string of the molecule is CN=C(NCC1COc2ccccc2O1)N(C)Cc1cc(Br)cn1C.I. The monoisotopic (exact) mass is 534 g/mol. The van der Waals surface area contributed by atoms with Crippen LogP contribution in [-0.4, -0.2) is 48.8 Å². The number of aromatic nitrogens is 1. The largest absolute Gasteiger partial charge is 0.486 e. The summed E-state index contributed by atoms with van der Waals surface area (Å²) < 4.78 is 14.9. The molecule has 1 aromatic carbocycles. The molecule has 8 heteroatoms. The van der Waals surface area contributed by atoms with E-state index in [-0.39, 0.29) is 30.1 Å². The van der Waals surface area contributed by atoms with Gasteiger partial charge in [0, 0.05) is 37.5 Å². The van der Waals surface area contributed by atoms with Crippen molar-refractivity contribution in [2.45, 2.75) is 12.6 Å². The number of aryl methyl sites for hydroxylation is 1. The Morgan fingerprint density at radius 3 is 2.77 bits per heavy atom. The van der Waals surface area contributed by atoms with Gasteiger partial charge in [-0.25, -0.2) is 0 Å². The van der Waals surface area contributed by atoms with Crippen molar-refractivity contribution < 1.29 is 9.47 Å². The normalized spacial score (nSPS) is 16.0. The summed E-state index contributed by atoms with van der Waals surface area (Å²) in [7, 11) is 5.84. The predicted octanol–water partition coefficient (Wildman–Crippen LogP) is 3.25. The van der Waals surface area contributed by atoms with E-state index in [0.29, 0.717) is 13.2 Å². The first-order valence-electron chi connectivity index (χ1n) is 8.18. The van der Waals surface area contributed by atoms with Gasteiger partial charge >= 0.3 is 0 Å².